The molecule has 0 aromatic carbocycles. The van der Waals surface area contributed by atoms with E-state index in [0.717, 1.165) is 22.7 Å². The normalized spacial score (nSPS) is 26.7. The lowest BCUT2D eigenvalue weighted by molar-refractivity contribution is 0.494. The molecule has 0 radical (unpaired) electrons. The molecule has 2 aliphatic rings. The molecule has 2 fully saturated rings. The molecule has 3 nitrogen and oxygen atoms in total. The summed E-state index contributed by atoms with van der Waals surface area (Å²) in [6, 6.07) is 0. The minimum absolute atomic E-state index is 0.908. The fraction of sp³-hybridized carbons (Fsp3) is 0.714. The molecule has 0 bridgehead atoms. The Hall–Kier alpha value is -0.770. The van der Waals surface area contributed by atoms with Crippen molar-refractivity contribution < 1.29 is 0 Å². The second kappa shape index (κ2) is 4.72. The number of aromatic nitrogens is 2. The molecule has 1 aliphatic carbocycles. The van der Waals surface area contributed by atoms with Crippen LogP contribution in [0.25, 0.3) is 0 Å². The van der Waals surface area contributed by atoms with Crippen LogP contribution in [0.3, 0.4) is 0 Å². The van der Waals surface area contributed by atoms with E-state index in [-0.39, 0.29) is 0 Å². The fourth-order valence-corrected chi connectivity index (χ4v) is 3.80. The van der Waals surface area contributed by atoms with Gasteiger partial charge in [0.1, 0.15) is 5.82 Å². The summed E-state index contributed by atoms with van der Waals surface area (Å²) < 4.78 is 0. The molecule has 1 aromatic heterocycles. The average molecular weight is 263 g/mol. The molecular formula is C14H21N3S. The molecule has 98 valence electrons. The van der Waals surface area contributed by atoms with Crippen LogP contribution in [0, 0.1) is 25.7 Å². The first-order valence-corrected chi connectivity index (χ1v) is 8.05. The smallest absolute Gasteiger partial charge is 0.189 e. The quantitative estimate of drug-likeness (QED) is 0.606. The molecule has 0 amide bonds. The summed E-state index contributed by atoms with van der Waals surface area (Å²) in [6.45, 7) is 6.66. The van der Waals surface area contributed by atoms with Crippen molar-refractivity contribution in [3.05, 3.63) is 11.3 Å². The zero-order valence-corrected chi connectivity index (χ0v) is 12.3. The summed E-state index contributed by atoms with van der Waals surface area (Å²) in [5.74, 6) is 3.01. The van der Waals surface area contributed by atoms with Gasteiger partial charge in [-0.2, -0.15) is 0 Å². The zero-order valence-electron chi connectivity index (χ0n) is 11.4. The number of anilines is 1. The van der Waals surface area contributed by atoms with Gasteiger partial charge in [0.05, 0.1) is 0 Å². The second-order valence-corrected chi connectivity index (χ2v) is 6.37. The van der Waals surface area contributed by atoms with Gasteiger partial charge in [-0.15, -0.1) is 0 Å². The summed E-state index contributed by atoms with van der Waals surface area (Å²) in [5, 5.41) is 0.908. The number of hydrogen-bond acceptors (Lipinski definition) is 4. The van der Waals surface area contributed by atoms with Crippen LogP contribution in [0.2, 0.25) is 0 Å². The SMILES string of the molecule is CSc1nc(C)c(C)c(N2CC3CCCC3C2)n1. The van der Waals surface area contributed by atoms with Crippen molar-refractivity contribution in [1.82, 2.24) is 9.97 Å². The van der Waals surface area contributed by atoms with Crippen molar-refractivity contribution in [2.45, 2.75) is 38.3 Å². The second-order valence-electron chi connectivity index (χ2n) is 5.60. The van der Waals surface area contributed by atoms with Crippen molar-refractivity contribution in [1.29, 1.82) is 0 Å². The third-order valence-corrected chi connectivity index (χ3v) is 5.10. The van der Waals surface area contributed by atoms with Crippen LogP contribution in [0.15, 0.2) is 5.16 Å². The largest absolute Gasteiger partial charge is 0.356 e. The Bertz CT molecular complexity index is 449. The van der Waals surface area contributed by atoms with Crippen LogP contribution in [0.4, 0.5) is 5.82 Å². The maximum Gasteiger partial charge on any atom is 0.189 e. The molecule has 1 saturated heterocycles. The van der Waals surface area contributed by atoms with E-state index in [1.54, 1.807) is 11.8 Å². The van der Waals surface area contributed by atoms with Gasteiger partial charge in [0, 0.05) is 24.3 Å². The predicted molar refractivity (Wildman–Crippen MR) is 76.3 cm³/mol. The predicted octanol–water partition coefficient (Wildman–Crippen LogP) is 3.05. The third kappa shape index (κ3) is 2.00. The maximum atomic E-state index is 4.74. The molecule has 18 heavy (non-hydrogen) atoms. The van der Waals surface area contributed by atoms with Crippen molar-refractivity contribution in [3.63, 3.8) is 0 Å². The van der Waals surface area contributed by atoms with E-state index >= 15 is 0 Å². The molecule has 1 saturated carbocycles. The van der Waals surface area contributed by atoms with E-state index in [0.29, 0.717) is 0 Å². The summed E-state index contributed by atoms with van der Waals surface area (Å²) >= 11 is 1.64. The van der Waals surface area contributed by atoms with E-state index in [1.807, 2.05) is 6.26 Å². The molecule has 4 heteroatoms. The van der Waals surface area contributed by atoms with Crippen LogP contribution in [-0.2, 0) is 0 Å². The number of aryl methyl sites for hydroxylation is 1. The Kier molecular flexibility index (Phi) is 3.22. The Morgan fingerprint density at radius 3 is 2.39 bits per heavy atom. The number of nitrogens with zero attached hydrogens (tertiary/aromatic N) is 3. The molecule has 0 spiro atoms. The van der Waals surface area contributed by atoms with E-state index in [4.69, 9.17) is 4.98 Å². The molecule has 2 heterocycles. The zero-order chi connectivity index (χ0) is 12.7. The van der Waals surface area contributed by atoms with E-state index in [9.17, 15) is 0 Å². The summed E-state index contributed by atoms with van der Waals surface area (Å²) in [4.78, 5) is 11.8. The van der Waals surface area contributed by atoms with E-state index in [2.05, 4.69) is 23.7 Å². The third-order valence-electron chi connectivity index (χ3n) is 4.55. The van der Waals surface area contributed by atoms with Crippen molar-refractivity contribution in [3.8, 4) is 0 Å². The Balaban J connectivity index is 1.90. The van der Waals surface area contributed by atoms with Gasteiger partial charge in [0.15, 0.2) is 5.16 Å². The molecular weight excluding hydrogens is 242 g/mol. The Morgan fingerprint density at radius 1 is 1.11 bits per heavy atom. The highest BCUT2D eigenvalue weighted by atomic mass is 32.2. The molecule has 0 N–H and O–H groups in total. The van der Waals surface area contributed by atoms with E-state index < -0.39 is 0 Å². The van der Waals surface area contributed by atoms with Gasteiger partial charge in [-0.1, -0.05) is 18.2 Å². The van der Waals surface area contributed by atoms with Crippen molar-refractivity contribution in [2.75, 3.05) is 24.2 Å². The Labute approximate surface area is 113 Å². The van der Waals surface area contributed by atoms with Gasteiger partial charge < -0.3 is 4.90 Å². The number of fused-ring (bicyclic) bond motifs is 1. The first-order chi connectivity index (χ1) is 8.69. The lowest BCUT2D eigenvalue weighted by Crippen LogP contribution is -2.23. The first-order valence-electron chi connectivity index (χ1n) is 6.83. The summed E-state index contributed by atoms with van der Waals surface area (Å²) in [7, 11) is 0. The van der Waals surface area contributed by atoms with Gasteiger partial charge in [0.2, 0.25) is 0 Å². The van der Waals surface area contributed by atoms with Gasteiger partial charge >= 0.3 is 0 Å². The van der Waals surface area contributed by atoms with Crippen LogP contribution < -0.4 is 4.90 Å². The van der Waals surface area contributed by atoms with Gasteiger partial charge in [-0.25, -0.2) is 9.97 Å². The lowest BCUT2D eigenvalue weighted by Gasteiger charge is -2.21. The van der Waals surface area contributed by atoms with Crippen LogP contribution >= 0.6 is 11.8 Å². The lowest BCUT2D eigenvalue weighted by atomic mass is 10.0. The number of rotatable bonds is 2. The van der Waals surface area contributed by atoms with Gasteiger partial charge in [-0.3, -0.25) is 0 Å². The highest BCUT2D eigenvalue weighted by Crippen LogP contribution is 2.40. The average Bonchev–Trinajstić information content (AvgIpc) is 2.92. The van der Waals surface area contributed by atoms with Crippen molar-refractivity contribution >= 4 is 17.6 Å². The number of hydrogen-bond donors (Lipinski definition) is 0. The first kappa shape index (κ1) is 12.3. The fourth-order valence-electron chi connectivity index (χ4n) is 3.40. The molecule has 3 rings (SSSR count). The highest BCUT2D eigenvalue weighted by molar-refractivity contribution is 7.98. The summed E-state index contributed by atoms with van der Waals surface area (Å²) in [5.41, 5.74) is 2.38. The molecule has 1 aromatic rings. The van der Waals surface area contributed by atoms with Gasteiger partial charge in [0.25, 0.3) is 0 Å². The minimum Gasteiger partial charge on any atom is -0.356 e. The molecule has 1 aliphatic heterocycles. The van der Waals surface area contributed by atoms with Crippen LogP contribution in [0.1, 0.15) is 30.5 Å². The molecule has 2 atom stereocenters. The Morgan fingerprint density at radius 2 is 1.78 bits per heavy atom. The topological polar surface area (TPSA) is 29.0 Å². The monoisotopic (exact) mass is 263 g/mol. The maximum absolute atomic E-state index is 4.74. The van der Waals surface area contributed by atoms with Crippen molar-refractivity contribution in [2.24, 2.45) is 11.8 Å². The highest BCUT2D eigenvalue weighted by Gasteiger charge is 2.37. The number of thioether (sulfide) groups is 1. The molecule has 2 unspecified atom stereocenters. The van der Waals surface area contributed by atoms with Crippen LogP contribution in [0.5, 0.6) is 0 Å². The summed E-state index contributed by atoms with van der Waals surface area (Å²) in [6.07, 6.45) is 6.31. The standard InChI is InChI=1S/C14H21N3S/c1-9-10(2)15-14(18-3)16-13(9)17-7-11-5-4-6-12(11)8-17/h11-12H,4-8H2,1-3H3. The van der Waals surface area contributed by atoms with Crippen LogP contribution in [-0.4, -0.2) is 29.3 Å². The van der Waals surface area contributed by atoms with Gasteiger partial charge in [-0.05, 0) is 44.8 Å². The van der Waals surface area contributed by atoms with E-state index in [1.165, 1.54) is 43.7 Å². The minimum atomic E-state index is 0.908.